The van der Waals surface area contributed by atoms with E-state index in [1.54, 1.807) is 12.1 Å². The first-order valence-corrected chi connectivity index (χ1v) is 5.36. The minimum Gasteiger partial charge on any atom is -0.508 e. The maximum absolute atomic E-state index is 9.49. The molecule has 3 rings (SSSR count). The molecule has 2 heterocycles. The lowest BCUT2D eigenvalue weighted by molar-refractivity contribution is 0.475. The average molecular weight is 212 g/mol. The first kappa shape index (κ1) is 9.21. The highest BCUT2D eigenvalue weighted by Crippen LogP contribution is 2.28. The van der Waals surface area contributed by atoms with Crippen molar-refractivity contribution in [3.63, 3.8) is 0 Å². The predicted molar refractivity (Wildman–Crippen MR) is 62.0 cm³/mol. The van der Waals surface area contributed by atoms with Gasteiger partial charge in [-0.2, -0.15) is 0 Å². The highest BCUT2D eigenvalue weighted by molar-refractivity contribution is 5.77. The van der Waals surface area contributed by atoms with E-state index in [-0.39, 0.29) is 0 Å². The molecule has 80 valence electrons. The molecule has 2 aromatic rings. The smallest absolute Gasteiger partial charge is 0.140 e. The van der Waals surface area contributed by atoms with Crippen LogP contribution in [0.25, 0.3) is 5.57 Å². The number of allylic oxidation sites excluding steroid dienone is 1. The molecule has 0 spiro atoms. The average Bonchev–Trinajstić information content (AvgIpc) is 2.76. The lowest BCUT2D eigenvalue weighted by Crippen LogP contribution is -2.07. The zero-order valence-corrected chi connectivity index (χ0v) is 8.80. The predicted octanol–water partition coefficient (Wildman–Crippen LogP) is 2.42. The third kappa shape index (κ3) is 1.41. The molecule has 3 nitrogen and oxygen atoms in total. The van der Waals surface area contributed by atoms with E-state index >= 15 is 0 Å². The van der Waals surface area contributed by atoms with E-state index in [1.165, 1.54) is 0 Å². The van der Waals surface area contributed by atoms with Crippen LogP contribution in [0.3, 0.4) is 0 Å². The fourth-order valence-corrected chi connectivity index (χ4v) is 2.09. The molecule has 0 amide bonds. The molecule has 0 aliphatic carbocycles. The van der Waals surface area contributed by atoms with Gasteiger partial charge in [-0.3, -0.25) is 0 Å². The highest BCUT2D eigenvalue weighted by atomic mass is 16.3. The SMILES string of the molecule is Oc1cccc(C2=CCCn3ccnc32)c1. The molecule has 1 aliphatic heterocycles. The second-order valence-electron chi connectivity index (χ2n) is 3.90. The molecular formula is C13H12N2O. The molecule has 0 bridgehead atoms. The Labute approximate surface area is 93.7 Å². The van der Waals surface area contributed by atoms with Crippen molar-refractivity contribution in [3.05, 3.63) is 54.1 Å². The van der Waals surface area contributed by atoms with Gasteiger partial charge in [0.15, 0.2) is 0 Å². The van der Waals surface area contributed by atoms with E-state index in [4.69, 9.17) is 0 Å². The van der Waals surface area contributed by atoms with Crippen LogP contribution in [0, 0.1) is 0 Å². The number of nitrogens with zero attached hydrogens (tertiary/aromatic N) is 2. The van der Waals surface area contributed by atoms with Crippen molar-refractivity contribution in [2.45, 2.75) is 13.0 Å². The van der Waals surface area contributed by atoms with Crippen LogP contribution < -0.4 is 0 Å². The third-order valence-electron chi connectivity index (χ3n) is 2.83. The number of aromatic hydroxyl groups is 1. The minimum atomic E-state index is 0.294. The molecule has 16 heavy (non-hydrogen) atoms. The first-order chi connectivity index (χ1) is 7.84. The number of phenolic OH excluding ortho intramolecular Hbond substituents is 1. The van der Waals surface area contributed by atoms with E-state index in [0.717, 1.165) is 29.9 Å². The van der Waals surface area contributed by atoms with Gasteiger partial charge >= 0.3 is 0 Å². The molecule has 0 saturated carbocycles. The van der Waals surface area contributed by atoms with E-state index in [9.17, 15) is 5.11 Å². The number of hydrogen-bond acceptors (Lipinski definition) is 2. The zero-order chi connectivity index (χ0) is 11.0. The summed E-state index contributed by atoms with van der Waals surface area (Å²) in [6, 6.07) is 7.30. The second-order valence-corrected chi connectivity index (χ2v) is 3.90. The van der Waals surface area contributed by atoms with Gasteiger partial charge in [0.25, 0.3) is 0 Å². The highest BCUT2D eigenvalue weighted by Gasteiger charge is 2.14. The van der Waals surface area contributed by atoms with Crippen LogP contribution in [-0.4, -0.2) is 14.7 Å². The Morgan fingerprint density at radius 2 is 2.25 bits per heavy atom. The summed E-state index contributed by atoms with van der Waals surface area (Å²) in [5, 5.41) is 9.49. The van der Waals surface area contributed by atoms with Gasteiger partial charge in [-0.15, -0.1) is 0 Å². The summed E-state index contributed by atoms with van der Waals surface area (Å²) in [6.07, 6.45) is 6.99. The summed E-state index contributed by atoms with van der Waals surface area (Å²) < 4.78 is 2.14. The van der Waals surface area contributed by atoms with Crippen LogP contribution >= 0.6 is 0 Å². The number of hydrogen-bond donors (Lipinski definition) is 1. The molecule has 1 aromatic carbocycles. The summed E-state index contributed by atoms with van der Waals surface area (Å²) in [5.74, 6) is 1.28. The number of benzene rings is 1. The molecule has 0 radical (unpaired) electrons. The number of aryl methyl sites for hydroxylation is 1. The fourth-order valence-electron chi connectivity index (χ4n) is 2.09. The van der Waals surface area contributed by atoms with Gasteiger partial charge in [-0.05, 0) is 24.1 Å². The molecule has 1 N–H and O–H groups in total. The quantitative estimate of drug-likeness (QED) is 0.788. The van der Waals surface area contributed by atoms with E-state index in [2.05, 4.69) is 15.6 Å². The first-order valence-electron chi connectivity index (χ1n) is 5.36. The lowest BCUT2D eigenvalue weighted by atomic mass is 10.0. The fraction of sp³-hybridized carbons (Fsp3) is 0.154. The van der Waals surface area contributed by atoms with Gasteiger partial charge in [-0.25, -0.2) is 4.98 Å². The number of rotatable bonds is 1. The van der Waals surface area contributed by atoms with Crippen molar-refractivity contribution >= 4 is 5.57 Å². The number of fused-ring (bicyclic) bond motifs is 1. The van der Waals surface area contributed by atoms with E-state index in [0.29, 0.717) is 5.75 Å². The number of phenols is 1. The van der Waals surface area contributed by atoms with Crippen molar-refractivity contribution in [3.8, 4) is 5.75 Å². The van der Waals surface area contributed by atoms with Gasteiger partial charge in [-0.1, -0.05) is 18.2 Å². The van der Waals surface area contributed by atoms with Crippen molar-refractivity contribution < 1.29 is 5.11 Å². The molecule has 0 saturated heterocycles. The summed E-state index contributed by atoms with van der Waals surface area (Å²) in [5.41, 5.74) is 2.12. The van der Waals surface area contributed by atoms with Crippen molar-refractivity contribution in [2.75, 3.05) is 0 Å². The molecule has 0 unspecified atom stereocenters. The normalized spacial score (nSPS) is 14.4. The Morgan fingerprint density at radius 3 is 3.12 bits per heavy atom. The van der Waals surface area contributed by atoms with Crippen LogP contribution in [-0.2, 0) is 6.54 Å². The summed E-state index contributed by atoms with van der Waals surface area (Å²) in [7, 11) is 0. The second kappa shape index (κ2) is 3.52. The zero-order valence-electron chi connectivity index (χ0n) is 8.80. The van der Waals surface area contributed by atoms with Crippen molar-refractivity contribution in [2.24, 2.45) is 0 Å². The molecule has 1 aliphatic rings. The van der Waals surface area contributed by atoms with Gasteiger partial charge in [0.1, 0.15) is 11.6 Å². The monoisotopic (exact) mass is 212 g/mol. The Morgan fingerprint density at radius 1 is 1.31 bits per heavy atom. The van der Waals surface area contributed by atoms with Crippen molar-refractivity contribution in [1.82, 2.24) is 9.55 Å². The molecule has 0 atom stereocenters. The Bertz CT molecular complexity index is 555. The lowest BCUT2D eigenvalue weighted by Gasteiger charge is -2.15. The number of aromatic nitrogens is 2. The maximum atomic E-state index is 9.49. The summed E-state index contributed by atoms with van der Waals surface area (Å²) in [4.78, 5) is 4.36. The maximum Gasteiger partial charge on any atom is 0.140 e. The number of imidazole rings is 1. The Kier molecular flexibility index (Phi) is 2.03. The molecule has 3 heteroatoms. The van der Waals surface area contributed by atoms with E-state index in [1.807, 2.05) is 24.5 Å². The Balaban J connectivity index is 2.12. The molecule has 1 aromatic heterocycles. The van der Waals surface area contributed by atoms with Gasteiger partial charge in [0, 0.05) is 24.5 Å². The van der Waals surface area contributed by atoms with Gasteiger partial charge in [0.2, 0.25) is 0 Å². The van der Waals surface area contributed by atoms with Crippen LogP contribution in [0.1, 0.15) is 17.8 Å². The summed E-state index contributed by atoms with van der Waals surface area (Å²) in [6.45, 7) is 0.984. The van der Waals surface area contributed by atoms with Crippen molar-refractivity contribution in [1.29, 1.82) is 0 Å². The minimum absolute atomic E-state index is 0.294. The van der Waals surface area contributed by atoms with Crippen LogP contribution in [0.15, 0.2) is 42.7 Å². The molecule has 0 fully saturated rings. The van der Waals surface area contributed by atoms with Gasteiger partial charge in [0.05, 0.1) is 0 Å². The standard InChI is InChI=1S/C13H12N2O/c16-11-4-1-3-10(9-11)12-5-2-7-15-8-6-14-13(12)15/h1,3-6,8-9,16H,2,7H2. The Hall–Kier alpha value is -2.03. The van der Waals surface area contributed by atoms with Crippen LogP contribution in [0.5, 0.6) is 5.75 Å². The van der Waals surface area contributed by atoms with Crippen LogP contribution in [0.2, 0.25) is 0 Å². The van der Waals surface area contributed by atoms with Crippen LogP contribution in [0.4, 0.5) is 0 Å². The van der Waals surface area contributed by atoms with Gasteiger partial charge < -0.3 is 9.67 Å². The topological polar surface area (TPSA) is 38.0 Å². The molecular weight excluding hydrogens is 200 g/mol. The third-order valence-corrected chi connectivity index (χ3v) is 2.83. The largest absolute Gasteiger partial charge is 0.508 e. The van der Waals surface area contributed by atoms with E-state index < -0.39 is 0 Å². The summed E-state index contributed by atoms with van der Waals surface area (Å²) >= 11 is 0.